The quantitative estimate of drug-likeness (QED) is 0.895. The third-order valence-corrected chi connectivity index (χ3v) is 3.54. The monoisotopic (exact) mass is 245 g/mol. The SMILES string of the molecule is CCNCC1CCOC1c1cn2ccccc2n1. The Labute approximate surface area is 107 Å². The van der Waals surface area contributed by atoms with Crippen LogP contribution in [0.25, 0.3) is 5.65 Å². The summed E-state index contributed by atoms with van der Waals surface area (Å²) in [6.45, 7) is 4.99. The average molecular weight is 245 g/mol. The molecule has 0 aliphatic carbocycles. The highest BCUT2D eigenvalue weighted by molar-refractivity contribution is 5.40. The summed E-state index contributed by atoms with van der Waals surface area (Å²) in [7, 11) is 0. The summed E-state index contributed by atoms with van der Waals surface area (Å²) in [5.41, 5.74) is 2.05. The van der Waals surface area contributed by atoms with Crippen LogP contribution < -0.4 is 5.32 Å². The molecule has 4 heteroatoms. The van der Waals surface area contributed by atoms with Crippen LogP contribution in [0.15, 0.2) is 30.6 Å². The Balaban J connectivity index is 1.84. The smallest absolute Gasteiger partial charge is 0.137 e. The first-order chi connectivity index (χ1) is 8.88. The number of aromatic nitrogens is 2. The average Bonchev–Trinajstić information content (AvgIpc) is 3.01. The zero-order chi connectivity index (χ0) is 12.4. The van der Waals surface area contributed by atoms with E-state index >= 15 is 0 Å². The maximum atomic E-state index is 5.86. The van der Waals surface area contributed by atoms with Crippen LogP contribution in [0.2, 0.25) is 0 Å². The molecule has 3 rings (SSSR count). The molecule has 1 aliphatic heterocycles. The number of hydrogen-bond acceptors (Lipinski definition) is 3. The van der Waals surface area contributed by atoms with Crippen LogP contribution in [0, 0.1) is 5.92 Å². The Morgan fingerprint density at radius 3 is 3.28 bits per heavy atom. The predicted molar refractivity (Wildman–Crippen MR) is 70.5 cm³/mol. The van der Waals surface area contributed by atoms with Gasteiger partial charge in [0.1, 0.15) is 11.8 Å². The van der Waals surface area contributed by atoms with Crippen molar-refractivity contribution in [2.75, 3.05) is 19.7 Å². The number of nitrogens with zero attached hydrogens (tertiary/aromatic N) is 2. The van der Waals surface area contributed by atoms with Gasteiger partial charge in [-0.05, 0) is 25.1 Å². The molecule has 0 amide bonds. The van der Waals surface area contributed by atoms with E-state index in [0.29, 0.717) is 5.92 Å². The molecular formula is C14H19N3O. The van der Waals surface area contributed by atoms with Crippen molar-refractivity contribution in [1.29, 1.82) is 0 Å². The number of rotatable bonds is 4. The van der Waals surface area contributed by atoms with Crippen LogP contribution in [-0.4, -0.2) is 29.1 Å². The summed E-state index contributed by atoms with van der Waals surface area (Å²) in [6.07, 6.45) is 5.37. The van der Waals surface area contributed by atoms with Gasteiger partial charge in [0.25, 0.3) is 0 Å². The van der Waals surface area contributed by atoms with Crippen molar-refractivity contribution in [3.05, 3.63) is 36.3 Å². The van der Waals surface area contributed by atoms with E-state index < -0.39 is 0 Å². The second-order valence-corrected chi connectivity index (χ2v) is 4.78. The van der Waals surface area contributed by atoms with Gasteiger partial charge in [0.05, 0.1) is 5.69 Å². The molecule has 1 saturated heterocycles. The minimum atomic E-state index is 0.143. The zero-order valence-electron chi connectivity index (χ0n) is 10.7. The van der Waals surface area contributed by atoms with Gasteiger partial charge < -0.3 is 14.5 Å². The van der Waals surface area contributed by atoms with Crippen LogP contribution in [0.5, 0.6) is 0 Å². The molecule has 3 heterocycles. The molecule has 1 aliphatic rings. The van der Waals surface area contributed by atoms with Crippen molar-refractivity contribution in [3.63, 3.8) is 0 Å². The van der Waals surface area contributed by atoms with Crippen molar-refractivity contribution in [2.24, 2.45) is 5.92 Å². The lowest BCUT2D eigenvalue weighted by atomic mass is 9.99. The van der Waals surface area contributed by atoms with Crippen molar-refractivity contribution < 1.29 is 4.74 Å². The van der Waals surface area contributed by atoms with Crippen LogP contribution in [0.1, 0.15) is 25.1 Å². The van der Waals surface area contributed by atoms with Crippen LogP contribution in [0.4, 0.5) is 0 Å². The van der Waals surface area contributed by atoms with Gasteiger partial charge in [-0.15, -0.1) is 0 Å². The zero-order valence-corrected chi connectivity index (χ0v) is 10.7. The highest BCUT2D eigenvalue weighted by atomic mass is 16.5. The summed E-state index contributed by atoms with van der Waals surface area (Å²) in [6, 6.07) is 6.06. The first-order valence-corrected chi connectivity index (χ1v) is 6.64. The molecular weight excluding hydrogens is 226 g/mol. The molecule has 96 valence electrons. The fraction of sp³-hybridized carbons (Fsp3) is 0.500. The lowest BCUT2D eigenvalue weighted by Gasteiger charge is -2.16. The summed E-state index contributed by atoms with van der Waals surface area (Å²) >= 11 is 0. The molecule has 2 aromatic heterocycles. The van der Waals surface area contributed by atoms with Gasteiger partial charge >= 0.3 is 0 Å². The van der Waals surface area contributed by atoms with Gasteiger partial charge in [-0.1, -0.05) is 13.0 Å². The highest BCUT2D eigenvalue weighted by Crippen LogP contribution is 2.33. The first kappa shape index (κ1) is 11.7. The van der Waals surface area contributed by atoms with E-state index in [1.807, 2.05) is 24.4 Å². The summed E-state index contributed by atoms with van der Waals surface area (Å²) in [5.74, 6) is 0.537. The lowest BCUT2D eigenvalue weighted by Crippen LogP contribution is -2.24. The molecule has 4 nitrogen and oxygen atoms in total. The topological polar surface area (TPSA) is 38.6 Å². The van der Waals surface area contributed by atoms with Gasteiger partial charge in [-0.25, -0.2) is 4.98 Å². The largest absolute Gasteiger partial charge is 0.371 e. The normalized spacial score (nSPS) is 23.8. The third-order valence-electron chi connectivity index (χ3n) is 3.54. The first-order valence-electron chi connectivity index (χ1n) is 6.64. The van der Waals surface area contributed by atoms with Crippen molar-refractivity contribution in [3.8, 4) is 0 Å². The second-order valence-electron chi connectivity index (χ2n) is 4.78. The molecule has 0 saturated carbocycles. The minimum Gasteiger partial charge on any atom is -0.371 e. The van der Waals surface area contributed by atoms with Crippen LogP contribution >= 0.6 is 0 Å². The van der Waals surface area contributed by atoms with E-state index in [2.05, 4.69) is 27.8 Å². The van der Waals surface area contributed by atoms with Gasteiger partial charge in [-0.3, -0.25) is 0 Å². The maximum absolute atomic E-state index is 5.86. The number of nitrogens with one attached hydrogen (secondary N) is 1. The number of hydrogen-bond donors (Lipinski definition) is 1. The molecule has 0 aromatic carbocycles. The Bertz CT molecular complexity index is 489. The van der Waals surface area contributed by atoms with Crippen LogP contribution in [0.3, 0.4) is 0 Å². The molecule has 0 radical (unpaired) electrons. The molecule has 2 unspecified atom stereocenters. The van der Waals surface area contributed by atoms with Crippen molar-refractivity contribution in [1.82, 2.24) is 14.7 Å². The number of pyridine rings is 1. The summed E-state index contributed by atoms with van der Waals surface area (Å²) in [5, 5.41) is 3.41. The molecule has 18 heavy (non-hydrogen) atoms. The Morgan fingerprint density at radius 2 is 2.44 bits per heavy atom. The Kier molecular flexibility index (Phi) is 3.30. The van der Waals surface area contributed by atoms with Crippen LogP contribution in [-0.2, 0) is 4.74 Å². The lowest BCUT2D eigenvalue weighted by molar-refractivity contribution is 0.0876. The molecule has 2 atom stereocenters. The highest BCUT2D eigenvalue weighted by Gasteiger charge is 2.31. The Morgan fingerprint density at radius 1 is 1.50 bits per heavy atom. The third kappa shape index (κ3) is 2.13. The standard InChI is InChI=1S/C14H19N3O/c1-2-15-9-11-6-8-18-14(11)12-10-17-7-4-3-5-13(17)16-12/h3-5,7,10-11,14-15H,2,6,8-9H2,1H3. The predicted octanol–water partition coefficient (Wildman–Crippen LogP) is 2.02. The van der Waals surface area contributed by atoms with Gasteiger partial charge in [0, 0.05) is 31.5 Å². The maximum Gasteiger partial charge on any atom is 0.137 e. The Hall–Kier alpha value is -1.39. The van der Waals surface area contributed by atoms with E-state index in [9.17, 15) is 0 Å². The molecule has 2 aromatic rings. The van der Waals surface area contributed by atoms with Crippen molar-refractivity contribution in [2.45, 2.75) is 19.4 Å². The fourth-order valence-electron chi connectivity index (χ4n) is 2.59. The van der Waals surface area contributed by atoms with Gasteiger partial charge in [0.2, 0.25) is 0 Å². The van der Waals surface area contributed by atoms with Crippen molar-refractivity contribution >= 4 is 5.65 Å². The molecule has 0 spiro atoms. The van der Waals surface area contributed by atoms with E-state index in [1.54, 1.807) is 0 Å². The number of ether oxygens (including phenoxy) is 1. The van der Waals surface area contributed by atoms with E-state index in [-0.39, 0.29) is 6.10 Å². The second kappa shape index (κ2) is 5.08. The number of fused-ring (bicyclic) bond motifs is 1. The van der Waals surface area contributed by atoms with Gasteiger partial charge in [0.15, 0.2) is 0 Å². The summed E-state index contributed by atoms with van der Waals surface area (Å²) in [4.78, 5) is 4.66. The van der Waals surface area contributed by atoms with Gasteiger partial charge in [-0.2, -0.15) is 0 Å². The molecule has 1 fully saturated rings. The van der Waals surface area contributed by atoms with E-state index in [4.69, 9.17) is 4.74 Å². The van der Waals surface area contributed by atoms with E-state index in [1.165, 1.54) is 0 Å². The minimum absolute atomic E-state index is 0.143. The molecule has 1 N–H and O–H groups in total. The fourth-order valence-corrected chi connectivity index (χ4v) is 2.59. The number of imidazole rings is 1. The molecule has 0 bridgehead atoms. The van der Waals surface area contributed by atoms with E-state index in [0.717, 1.165) is 37.5 Å². The summed E-state index contributed by atoms with van der Waals surface area (Å²) < 4.78 is 7.92.